The third-order valence-electron chi connectivity index (χ3n) is 2.63. The first kappa shape index (κ1) is 15.2. The van der Waals surface area contributed by atoms with E-state index in [2.05, 4.69) is 31.5 Å². The maximum absolute atomic E-state index is 11.8. The zero-order valence-corrected chi connectivity index (χ0v) is 12.7. The summed E-state index contributed by atoms with van der Waals surface area (Å²) in [6, 6.07) is 7.53. The number of hydrogen-bond donors (Lipinski definition) is 0. The van der Waals surface area contributed by atoms with Crippen LogP contribution in [0.3, 0.4) is 0 Å². The molecule has 0 N–H and O–H groups in total. The van der Waals surface area contributed by atoms with Gasteiger partial charge in [0.05, 0.1) is 8.07 Å². The molecule has 0 aromatic heterocycles. The smallest absolute Gasteiger partial charge is 0.384 e. The van der Waals surface area contributed by atoms with Crippen molar-refractivity contribution in [2.75, 3.05) is 6.61 Å². The predicted octanol–water partition coefficient (Wildman–Crippen LogP) is 1.98. The van der Waals surface area contributed by atoms with Crippen LogP contribution in [0.2, 0.25) is 19.6 Å². The monoisotopic (exact) mass is 274 g/mol. The fourth-order valence-electron chi connectivity index (χ4n) is 1.51. The van der Waals surface area contributed by atoms with Crippen LogP contribution in [0.1, 0.15) is 17.3 Å². The summed E-state index contributed by atoms with van der Waals surface area (Å²) in [4.78, 5) is 22.8. The number of ether oxygens (including phenoxy) is 1. The minimum atomic E-state index is -1.35. The predicted molar refractivity (Wildman–Crippen MR) is 78.2 cm³/mol. The van der Waals surface area contributed by atoms with Crippen LogP contribution in [-0.2, 0) is 9.53 Å². The summed E-state index contributed by atoms with van der Waals surface area (Å²) in [5.74, 6) is 3.76. The van der Waals surface area contributed by atoms with Crippen LogP contribution >= 0.6 is 0 Å². The number of rotatable bonds is 4. The van der Waals surface area contributed by atoms with Gasteiger partial charge >= 0.3 is 5.97 Å². The Bertz CT molecular complexity index is 527. The fourth-order valence-corrected chi connectivity index (χ4v) is 2.68. The molecular formula is C15H18O3Si. The normalized spacial score (nSPS) is 10.3. The highest BCUT2D eigenvalue weighted by atomic mass is 28.3. The van der Waals surface area contributed by atoms with E-state index in [4.69, 9.17) is 4.74 Å². The van der Waals surface area contributed by atoms with Gasteiger partial charge in [0.2, 0.25) is 0 Å². The SMILES string of the molecule is CC#CC(=O)OCC(=O)c1ccc([Si](C)(C)C)cc1. The van der Waals surface area contributed by atoms with Crippen LogP contribution in [0.4, 0.5) is 0 Å². The highest BCUT2D eigenvalue weighted by Crippen LogP contribution is 2.05. The largest absolute Gasteiger partial charge is 0.448 e. The molecule has 100 valence electrons. The van der Waals surface area contributed by atoms with Gasteiger partial charge in [-0.25, -0.2) is 4.79 Å². The fraction of sp³-hybridized carbons (Fsp3) is 0.333. The van der Waals surface area contributed by atoms with Crippen molar-refractivity contribution in [3.63, 3.8) is 0 Å². The van der Waals surface area contributed by atoms with Crippen LogP contribution < -0.4 is 5.19 Å². The molecule has 0 aliphatic carbocycles. The van der Waals surface area contributed by atoms with Crippen molar-refractivity contribution in [1.82, 2.24) is 0 Å². The zero-order chi connectivity index (χ0) is 14.5. The Hall–Kier alpha value is -1.86. The van der Waals surface area contributed by atoms with Crippen molar-refractivity contribution in [3.05, 3.63) is 29.8 Å². The summed E-state index contributed by atoms with van der Waals surface area (Å²) in [6.45, 7) is 8.01. The molecule has 1 aromatic carbocycles. The molecule has 0 bridgehead atoms. The average Bonchev–Trinajstić information content (AvgIpc) is 2.35. The highest BCUT2D eigenvalue weighted by Gasteiger charge is 2.16. The molecule has 1 rings (SSSR count). The van der Waals surface area contributed by atoms with E-state index in [0.717, 1.165) is 0 Å². The van der Waals surface area contributed by atoms with Gasteiger partial charge in [0.1, 0.15) is 0 Å². The standard InChI is InChI=1S/C15H18O3Si/c1-5-6-15(17)18-11-14(16)12-7-9-13(10-8-12)19(2,3)4/h7-10H,11H2,1-4H3. The molecule has 19 heavy (non-hydrogen) atoms. The summed E-state index contributed by atoms with van der Waals surface area (Å²) >= 11 is 0. The Kier molecular flexibility index (Phi) is 5.08. The van der Waals surface area contributed by atoms with Crippen LogP contribution in [-0.4, -0.2) is 26.4 Å². The van der Waals surface area contributed by atoms with Gasteiger partial charge in [-0.3, -0.25) is 4.79 Å². The van der Waals surface area contributed by atoms with E-state index >= 15 is 0 Å². The molecule has 0 aliphatic heterocycles. The lowest BCUT2D eigenvalue weighted by Gasteiger charge is -2.16. The topological polar surface area (TPSA) is 43.4 Å². The lowest BCUT2D eigenvalue weighted by Crippen LogP contribution is -2.37. The molecule has 3 nitrogen and oxygen atoms in total. The molecule has 0 aliphatic rings. The maximum atomic E-state index is 11.8. The number of benzene rings is 1. The molecule has 0 spiro atoms. The van der Waals surface area contributed by atoms with Crippen LogP contribution in [0.15, 0.2) is 24.3 Å². The van der Waals surface area contributed by atoms with Gasteiger partial charge in [0.25, 0.3) is 0 Å². The van der Waals surface area contributed by atoms with E-state index in [1.54, 1.807) is 12.1 Å². The minimum absolute atomic E-state index is 0.214. The summed E-state index contributed by atoms with van der Waals surface area (Å²) in [7, 11) is -1.35. The lowest BCUT2D eigenvalue weighted by molar-refractivity contribution is -0.135. The number of hydrogen-bond acceptors (Lipinski definition) is 3. The third-order valence-corrected chi connectivity index (χ3v) is 4.70. The van der Waals surface area contributed by atoms with Crippen molar-refractivity contribution < 1.29 is 14.3 Å². The molecule has 0 atom stereocenters. The third kappa shape index (κ3) is 4.72. The summed E-state index contributed by atoms with van der Waals surface area (Å²) < 4.78 is 4.74. The van der Waals surface area contributed by atoms with Gasteiger partial charge in [0.15, 0.2) is 12.4 Å². The van der Waals surface area contributed by atoms with Crippen LogP contribution in [0.25, 0.3) is 0 Å². The second-order valence-electron chi connectivity index (χ2n) is 5.20. The van der Waals surface area contributed by atoms with Gasteiger partial charge in [-0.15, -0.1) is 0 Å². The molecular weight excluding hydrogens is 256 g/mol. The van der Waals surface area contributed by atoms with Crippen LogP contribution in [0.5, 0.6) is 0 Å². The summed E-state index contributed by atoms with van der Waals surface area (Å²) in [5, 5.41) is 1.29. The lowest BCUT2D eigenvalue weighted by atomic mass is 10.1. The first-order chi connectivity index (χ1) is 8.84. The summed E-state index contributed by atoms with van der Waals surface area (Å²) in [5.41, 5.74) is 0.555. The molecule has 0 saturated carbocycles. The number of carbonyl (C=O) groups is 2. The minimum Gasteiger partial charge on any atom is -0.448 e. The Morgan fingerprint density at radius 3 is 2.21 bits per heavy atom. The highest BCUT2D eigenvalue weighted by molar-refractivity contribution is 6.88. The van der Waals surface area contributed by atoms with E-state index in [1.807, 2.05) is 12.1 Å². The number of ketones is 1. The van der Waals surface area contributed by atoms with E-state index in [0.29, 0.717) is 5.56 Å². The van der Waals surface area contributed by atoms with Crippen LogP contribution in [0, 0.1) is 11.8 Å². The van der Waals surface area contributed by atoms with Gasteiger partial charge in [-0.1, -0.05) is 55.0 Å². The molecule has 0 heterocycles. The van der Waals surface area contributed by atoms with Crippen molar-refractivity contribution in [2.24, 2.45) is 0 Å². The van der Waals surface area contributed by atoms with Crippen molar-refractivity contribution in [3.8, 4) is 11.8 Å². The molecule has 4 heteroatoms. The first-order valence-electron chi connectivity index (χ1n) is 6.08. The first-order valence-corrected chi connectivity index (χ1v) is 9.58. The van der Waals surface area contributed by atoms with Crippen molar-refractivity contribution >= 4 is 25.0 Å². The number of carbonyl (C=O) groups excluding carboxylic acids is 2. The molecule has 0 radical (unpaired) electrons. The summed E-state index contributed by atoms with van der Waals surface area (Å²) in [6.07, 6.45) is 0. The Morgan fingerprint density at radius 2 is 1.74 bits per heavy atom. The Labute approximate surface area is 115 Å². The molecule has 1 aromatic rings. The van der Waals surface area contributed by atoms with Crippen molar-refractivity contribution in [2.45, 2.75) is 26.6 Å². The maximum Gasteiger partial charge on any atom is 0.384 e. The van der Waals surface area contributed by atoms with Gasteiger partial charge < -0.3 is 4.74 Å². The van der Waals surface area contributed by atoms with Crippen molar-refractivity contribution in [1.29, 1.82) is 0 Å². The Morgan fingerprint density at radius 1 is 1.16 bits per heavy atom. The van der Waals surface area contributed by atoms with E-state index in [9.17, 15) is 9.59 Å². The van der Waals surface area contributed by atoms with E-state index in [-0.39, 0.29) is 12.4 Å². The molecule has 0 fully saturated rings. The molecule has 0 unspecified atom stereocenters. The van der Waals surface area contributed by atoms with E-state index in [1.165, 1.54) is 12.1 Å². The second-order valence-corrected chi connectivity index (χ2v) is 10.3. The van der Waals surface area contributed by atoms with Gasteiger partial charge in [-0.05, 0) is 6.92 Å². The Balaban J connectivity index is 2.68. The average molecular weight is 274 g/mol. The number of esters is 1. The second kappa shape index (κ2) is 6.35. The quantitative estimate of drug-likeness (QED) is 0.277. The molecule has 0 amide bonds. The van der Waals surface area contributed by atoms with E-state index < -0.39 is 14.0 Å². The molecule has 0 saturated heterocycles. The zero-order valence-electron chi connectivity index (χ0n) is 11.7. The van der Waals surface area contributed by atoms with Gasteiger partial charge in [0, 0.05) is 11.5 Å². The number of Topliss-reactive ketones (excluding diaryl/α,β-unsaturated/α-hetero) is 1. The van der Waals surface area contributed by atoms with Gasteiger partial charge in [-0.2, -0.15) is 0 Å².